The summed E-state index contributed by atoms with van der Waals surface area (Å²) in [4.78, 5) is 25.2. The number of benzene rings is 3. The number of alkyl halides is 12. The molecule has 244 valence electrons. The third-order valence-electron chi connectivity index (χ3n) is 5.71. The largest absolute Gasteiger partial charge is 0.435 e. The van der Waals surface area contributed by atoms with Crippen LogP contribution in [0.4, 0.5) is 72.8 Å². The molecular weight excluding hydrogens is 678 g/mol. The van der Waals surface area contributed by atoms with Crippen molar-refractivity contribution in [3.8, 4) is 5.75 Å². The zero-order valence-electron chi connectivity index (χ0n) is 21.1. The molecule has 0 unspecified atom stereocenters. The van der Waals surface area contributed by atoms with E-state index in [0.717, 1.165) is 12.1 Å². The first-order chi connectivity index (χ1) is 20.5. The third kappa shape index (κ3) is 7.18. The summed E-state index contributed by atoms with van der Waals surface area (Å²) in [5, 5.41) is 1.99. The van der Waals surface area contributed by atoms with Gasteiger partial charge >= 0.3 is 30.8 Å². The molecule has 0 aliphatic carbocycles. The van der Waals surface area contributed by atoms with Crippen molar-refractivity contribution in [3.05, 3.63) is 87.4 Å². The lowest BCUT2D eigenvalue weighted by Crippen LogP contribution is -2.50. The van der Waals surface area contributed by atoms with Crippen molar-refractivity contribution in [2.75, 3.05) is 10.6 Å². The molecule has 2 amide bonds. The Labute approximate surface area is 245 Å². The third-order valence-corrected chi connectivity index (χ3v) is 6.01. The molecule has 0 radical (unpaired) electrons. The number of halogens is 15. The van der Waals surface area contributed by atoms with Crippen LogP contribution >= 0.6 is 11.6 Å². The van der Waals surface area contributed by atoms with Crippen LogP contribution in [0, 0.1) is 11.6 Å². The first-order valence-electron chi connectivity index (χ1n) is 11.4. The van der Waals surface area contributed by atoms with Gasteiger partial charge in [-0.1, -0.05) is 17.7 Å². The second-order valence-corrected chi connectivity index (χ2v) is 9.04. The Morgan fingerprint density at radius 2 is 1.38 bits per heavy atom. The average Bonchev–Trinajstić information content (AvgIpc) is 2.88. The molecule has 2 N–H and O–H groups in total. The predicted octanol–water partition coefficient (Wildman–Crippen LogP) is 9.03. The van der Waals surface area contributed by atoms with Gasteiger partial charge in [0, 0.05) is 11.1 Å². The number of carbonyl (C=O) groups excluding carboxylic acids is 2. The summed E-state index contributed by atoms with van der Waals surface area (Å²) in [5.41, 5.74) is -14.4. The minimum Gasteiger partial charge on any atom is -0.433 e. The maximum absolute atomic E-state index is 15.1. The van der Waals surface area contributed by atoms with E-state index in [0.29, 0.717) is 18.2 Å². The number of hydrogen-bond acceptors (Lipinski definition) is 3. The molecule has 5 nitrogen and oxygen atoms in total. The molecule has 3 aromatic rings. The molecule has 45 heavy (non-hydrogen) atoms. The van der Waals surface area contributed by atoms with E-state index in [1.54, 1.807) is 10.6 Å². The van der Waals surface area contributed by atoms with E-state index in [9.17, 15) is 66.7 Å². The van der Waals surface area contributed by atoms with E-state index in [1.807, 2.05) is 0 Å². The number of nitrogens with one attached hydrogen (secondary N) is 2. The molecule has 20 heteroatoms. The smallest absolute Gasteiger partial charge is 0.433 e. The Kier molecular flexibility index (Phi) is 9.58. The normalized spacial score (nSPS) is 12.7. The number of anilines is 2. The number of amides is 2. The van der Waals surface area contributed by atoms with Gasteiger partial charge in [0.05, 0.1) is 21.8 Å². The fourth-order valence-corrected chi connectivity index (χ4v) is 3.90. The molecule has 0 aliphatic rings. The van der Waals surface area contributed by atoms with Crippen molar-refractivity contribution in [1.29, 1.82) is 0 Å². The molecule has 0 saturated heterocycles. The van der Waals surface area contributed by atoms with Crippen LogP contribution in [-0.2, 0) is 11.8 Å². The topological polar surface area (TPSA) is 67.4 Å². The molecule has 0 spiro atoms. The van der Waals surface area contributed by atoms with Gasteiger partial charge in [0.15, 0.2) is 11.6 Å². The minimum atomic E-state index is -6.70. The van der Waals surface area contributed by atoms with E-state index in [2.05, 4.69) is 4.74 Å². The summed E-state index contributed by atoms with van der Waals surface area (Å²) in [5.74, 6) is -8.23. The highest BCUT2D eigenvalue weighted by molar-refractivity contribution is 6.34. The van der Waals surface area contributed by atoms with Crippen LogP contribution in [0.5, 0.6) is 5.75 Å². The van der Waals surface area contributed by atoms with E-state index in [-0.39, 0.29) is 12.1 Å². The Balaban J connectivity index is 2.00. The fraction of sp³-hybridized carbons (Fsp3) is 0.200. The van der Waals surface area contributed by atoms with Gasteiger partial charge in [-0.25, -0.2) is 13.2 Å². The molecule has 3 aromatic carbocycles. The van der Waals surface area contributed by atoms with Crippen molar-refractivity contribution in [2.45, 2.75) is 30.8 Å². The predicted molar refractivity (Wildman–Crippen MR) is 127 cm³/mol. The van der Waals surface area contributed by atoms with Gasteiger partial charge < -0.3 is 15.4 Å². The lowest BCUT2D eigenvalue weighted by atomic mass is 9.93. The van der Waals surface area contributed by atoms with Gasteiger partial charge in [-0.05, 0) is 42.5 Å². The van der Waals surface area contributed by atoms with E-state index in [4.69, 9.17) is 11.6 Å². The zero-order valence-corrected chi connectivity index (χ0v) is 21.8. The molecule has 0 saturated carbocycles. The quantitative estimate of drug-likeness (QED) is 0.244. The van der Waals surface area contributed by atoms with Crippen molar-refractivity contribution < 1.29 is 75.8 Å². The molecule has 0 aliphatic heterocycles. The van der Waals surface area contributed by atoms with Crippen molar-refractivity contribution in [2.24, 2.45) is 0 Å². The van der Waals surface area contributed by atoms with Crippen LogP contribution in [0.1, 0.15) is 31.8 Å². The maximum atomic E-state index is 15.1. The first-order valence-corrected chi connectivity index (χ1v) is 11.8. The SMILES string of the molecule is O=C(Nc1cccc(C(=O)Nc2c(Cl)cc(C(F)(C(F)(F)F)C(F)(F)F)cc2OC(F)F)c1F)c1ccc(F)c(C(F)(F)F)c1. The van der Waals surface area contributed by atoms with Gasteiger partial charge in [0.25, 0.3) is 11.8 Å². The monoisotopic (exact) mass is 688 g/mol. The fourth-order valence-electron chi connectivity index (χ4n) is 3.64. The Morgan fingerprint density at radius 1 is 0.778 bits per heavy atom. The average molecular weight is 689 g/mol. The van der Waals surface area contributed by atoms with Gasteiger partial charge in [0.2, 0.25) is 0 Å². The van der Waals surface area contributed by atoms with Gasteiger partial charge in [-0.2, -0.15) is 48.3 Å². The van der Waals surface area contributed by atoms with Crippen LogP contribution < -0.4 is 15.4 Å². The maximum Gasteiger partial charge on any atom is 0.435 e. The van der Waals surface area contributed by atoms with Gasteiger partial charge in [-0.3, -0.25) is 9.59 Å². The lowest BCUT2D eigenvalue weighted by molar-refractivity contribution is -0.348. The van der Waals surface area contributed by atoms with E-state index >= 15 is 4.39 Å². The summed E-state index contributed by atoms with van der Waals surface area (Å²) in [7, 11) is 0. The highest BCUT2D eigenvalue weighted by Gasteiger charge is 2.73. The zero-order chi connectivity index (χ0) is 34.3. The Bertz CT molecular complexity index is 1610. The Hall–Kier alpha value is -4.29. The van der Waals surface area contributed by atoms with Crippen LogP contribution in [-0.4, -0.2) is 30.8 Å². The number of rotatable bonds is 7. The number of ether oxygens (including phenoxy) is 1. The molecule has 0 atom stereocenters. The van der Waals surface area contributed by atoms with Crippen LogP contribution in [0.3, 0.4) is 0 Å². The molecule has 0 heterocycles. The molecule has 3 rings (SSSR count). The van der Waals surface area contributed by atoms with Crippen LogP contribution in [0.2, 0.25) is 5.02 Å². The van der Waals surface area contributed by atoms with Crippen LogP contribution in [0.25, 0.3) is 0 Å². The molecule has 0 bridgehead atoms. The van der Waals surface area contributed by atoms with E-state index < -0.39 is 105 Å². The second kappa shape index (κ2) is 12.2. The van der Waals surface area contributed by atoms with E-state index in [1.165, 1.54) is 0 Å². The highest BCUT2D eigenvalue weighted by Crippen LogP contribution is 2.55. The van der Waals surface area contributed by atoms with Crippen molar-refractivity contribution in [1.82, 2.24) is 0 Å². The highest BCUT2D eigenvalue weighted by atomic mass is 35.5. The van der Waals surface area contributed by atoms with Crippen LogP contribution in [0.15, 0.2) is 48.5 Å². The van der Waals surface area contributed by atoms with Crippen molar-refractivity contribution in [3.63, 3.8) is 0 Å². The summed E-state index contributed by atoms with van der Waals surface area (Å²) < 4.78 is 191. The number of hydrogen-bond donors (Lipinski definition) is 2. The number of carbonyl (C=O) groups is 2. The summed E-state index contributed by atoms with van der Waals surface area (Å²) in [6.45, 7) is -3.99. The second-order valence-electron chi connectivity index (χ2n) is 8.63. The van der Waals surface area contributed by atoms with Crippen molar-refractivity contribution >= 4 is 34.8 Å². The molecular formula is C25H11ClF14N2O3. The molecule has 0 aromatic heterocycles. The Morgan fingerprint density at radius 3 is 1.91 bits per heavy atom. The summed E-state index contributed by atoms with van der Waals surface area (Å²) >= 11 is 5.62. The first kappa shape index (κ1) is 35.2. The van der Waals surface area contributed by atoms with Gasteiger partial charge in [0.1, 0.15) is 11.5 Å². The standard InChI is InChI=1S/C25H11ClF14N2O3/c26-13-7-10(22(31,24(35,36)37)25(38,39)40)8-16(45-21(29)30)18(13)42-20(44)11-2-1-3-15(17(11)28)41-19(43)9-4-5-14(27)12(6-9)23(32,33)34/h1-8,21H,(H,41,43)(H,42,44). The summed E-state index contributed by atoms with van der Waals surface area (Å²) in [6.07, 6.45) is -18.6. The lowest BCUT2D eigenvalue weighted by Gasteiger charge is -2.31. The minimum absolute atomic E-state index is 0.0962. The van der Waals surface area contributed by atoms with Gasteiger partial charge in [-0.15, -0.1) is 0 Å². The molecule has 0 fully saturated rings. The summed E-state index contributed by atoms with van der Waals surface area (Å²) in [6, 6.07) is 2.53.